The number of rotatable bonds is 9. The van der Waals surface area contributed by atoms with Crippen molar-refractivity contribution in [1.29, 1.82) is 0 Å². The summed E-state index contributed by atoms with van der Waals surface area (Å²) in [6.07, 6.45) is 6.80. The summed E-state index contributed by atoms with van der Waals surface area (Å²) in [6, 6.07) is 0. The van der Waals surface area contributed by atoms with Gasteiger partial charge >= 0.3 is 5.97 Å². The van der Waals surface area contributed by atoms with Gasteiger partial charge in [0, 0.05) is 6.54 Å². The Bertz CT molecular complexity index is 441. The molecule has 0 fully saturated rings. The Balaban J connectivity index is 2.20. The molecule has 0 saturated carbocycles. The molecule has 0 radical (unpaired) electrons. The van der Waals surface area contributed by atoms with E-state index in [9.17, 15) is 9.59 Å². The van der Waals surface area contributed by atoms with Gasteiger partial charge in [0.25, 0.3) is 5.91 Å². The number of carboxylic acid groups (broad SMARTS) is 1. The lowest BCUT2D eigenvalue weighted by molar-refractivity contribution is 0.0685. The molecule has 1 heterocycles. The van der Waals surface area contributed by atoms with Crippen LogP contribution >= 0.6 is 0 Å². The van der Waals surface area contributed by atoms with Gasteiger partial charge in [-0.05, 0) is 12.3 Å². The van der Waals surface area contributed by atoms with E-state index in [1.54, 1.807) is 0 Å². The van der Waals surface area contributed by atoms with Gasteiger partial charge in [0.15, 0.2) is 11.4 Å². The lowest BCUT2D eigenvalue weighted by atomic mass is 10.0. The summed E-state index contributed by atoms with van der Waals surface area (Å²) in [5.41, 5.74) is -0.225. The number of H-pyrrole nitrogens is 1. The Hall–Kier alpha value is -1.85. The van der Waals surface area contributed by atoms with Crippen LogP contribution in [0.1, 0.15) is 66.9 Å². The number of carbonyl (C=O) groups is 2. The van der Waals surface area contributed by atoms with Gasteiger partial charge in [-0.15, -0.1) is 0 Å². The minimum Gasteiger partial charge on any atom is -0.477 e. The smallest absolute Gasteiger partial charge is 0.354 e. The molecule has 0 aromatic carbocycles. The highest BCUT2D eigenvalue weighted by Crippen LogP contribution is 2.09. The van der Waals surface area contributed by atoms with Crippen molar-refractivity contribution in [2.75, 3.05) is 6.54 Å². The van der Waals surface area contributed by atoms with Crippen LogP contribution in [0.4, 0.5) is 0 Å². The van der Waals surface area contributed by atoms with Crippen molar-refractivity contribution in [1.82, 2.24) is 15.3 Å². The maximum Gasteiger partial charge on any atom is 0.354 e. The zero-order valence-corrected chi connectivity index (χ0v) is 12.1. The number of aromatic amines is 1. The van der Waals surface area contributed by atoms with Crippen LogP contribution in [0.2, 0.25) is 0 Å². The van der Waals surface area contributed by atoms with Crippen molar-refractivity contribution in [3.05, 3.63) is 17.7 Å². The first kappa shape index (κ1) is 16.2. The van der Waals surface area contributed by atoms with Gasteiger partial charge in [-0.3, -0.25) is 4.79 Å². The third kappa shape index (κ3) is 5.42. The van der Waals surface area contributed by atoms with Crippen LogP contribution in [0.5, 0.6) is 0 Å². The minimum absolute atomic E-state index is 0.0580. The predicted octanol–water partition coefficient (Wildman–Crippen LogP) is 2.44. The molecule has 1 aromatic rings. The van der Waals surface area contributed by atoms with Gasteiger partial charge in [-0.1, -0.05) is 39.5 Å². The second kappa shape index (κ2) is 8.35. The number of nitrogens with one attached hydrogen (secondary N) is 2. The largest absolute Gasteiger partial charge is 0.477 e. The first-order chi connectivity index (χ1) is 9.52. The number of imidazole rings is 1. The van der Waals surface area contributed by atoms with Crippen molar-refractivity contribution < 1.29 is 14.7 Å². The van der Waals surface area contributed by atoms with Crippen LogP contribution in [0.15, 0.2) is 6.33 Å². The van der Waals surface area contributed by atoms with Gasteiger partial charge in [-0.25, -0.2) is 9.78 Å². The molecule has 0 bridgehead atoms. The number of carboxylic acids is 1. The molecule has 0 atom stereocenters. The number of amides is 1. The second-order valence-corrected chi connectivity index (χ2v) is 5.28. The highest BCUT2D eigenvalue weighted by atomic mass is 16.4. The van der Waals surface area contributed by atoms with Crippen LogP contribution in [-0.4, -0.2) is 33.5 Å². The van der Waals surface area contributed by atoms with E-state index >= 15 is 0 Å². The first-order valence-electron chi connectivity index (χ1n) is 7.07. The fourth-order valence-corrected chi connectivity index (χ4v) is 1.95. The van der Waals surface area contributed by atoms with Crippen molar-refractivity contribution in [3.8, 4) is 0 Å². The molecule has 0 unspecified atom stereocenters. The Morgan fingerprint density at radius 2 is 2.00 bits per heavy atom. The molecule has 0 saturated heterocycles. The number of carbonyl (C=O) groups excluding carboxylic acids is 1. The fraction of sp³-hybridized carbons (Fsp3) is 0.643. The topological polar surface area (TPSA) is 95.1 Å². The molecule has 0 aliphatic heterocycles. The fourth-order valence-electron chi connectivity index (χ4n) is 1.95. The second-order valence-electron chi connectivity index (χ2n) is 5.28. The third-order valence-electron chi connectivity index (χ3n) is 3.06. The molecule has 20 heavy (non-hydrogen) atoms. The summed E-state index contributed by atoms with van der Waals surface area (Å²) in [5, 5.41) is 11.6. The van der Waals surface area contributed by atoms with Gasteiger partial charge in [-0.2, -0.15) is 0 Å². The Morgan fingerprint density at radius 1 is 1.30 bits per heavy atom. The lowest BCUT2D eigenvalue weighted by Crippen LogP contribution is -2.26. The van der Waals surface area contributed by atoms with E-state index in [0.717, 1.165) is 25.2 Å². The highest BCUT2D eigenvalue weighted by molar-refractivity contribution is 6.02. The number of unbranched alkanes of at least 4 members (excludes halogenated alkanes) is 3. The van der Waals surface area contributed by atoms with Crippen LogP contribution < -0.4 is 5.32 Å². The zero-order chi connectivity index (χ0) is 15.0. The average Bonchev–Trinajstić information content (AvgIpc) is 2.86. The van der Waals surface area contributed by atoms with Crippen molar-refractivity contribution in [2.45, 2.75) is 46.0 Å². The predicted molar refractivity (Wildman–Crippen MR) is 75.8 cm³/mol. The van der Waals surface area contributed by atoms with Crippen molar-refractivity contribution in [3.63, 3.8) is 0 Å². The van der Waals surface area contributed by atoms with Crippen LogP contribution in [-0.2, 0) is 0 Å². The van der Waals surface area contributed by atoms with Crippen LogP contribution in [0, 0.1) is 5.92 Å². The van der Waals surface area contributed by atoms with Crippen molar-refractivity contribution >= 4 is 11.9 Å². The molecule has 1 rings (SSSR count). The quantitative estimate of drug-likeness (QED) is 0.606. The zero-order valence-electron chi connectivity index (χ0n) is 12.1. The molecule has 0 spiro atoms. The highest BCUT2D eigenvalue weighted by Gasteiger charge is 2.18. The van der Waals surface area contributed by atoms with Gasteiger partial charge in [0.05, 0.1) is 6.33 Å². The maximum atomic E-state index is 11.8. The van der Waals surface area contributed by atoms with Crippen molar-refractivity contribution in [2.24, 2.45) is 5.92 Å². The van der Waals surface area contributed by atoms with E-state index in [0.29, 0.717) is 6.54 Å². The maximum absolute atomic E-state index is 11.8. The molecule has 112 valence electrons. The molecule has 0 aliphatic carbocycles. The third-order valence-corrected chi connectivity index (χ3v) is 3.06. The van der Waals surface area contributed by atoms with E-state index in [-0.39, 0.29) is 11.4 Å². The molecule has 6 heteroatoms. The SMILES string of the molecule is CC(C)CCCCCCNC(=O)c1nc[nH]c1C(=O)O. The van der Waals surface area contributed by atoms with E-state index in [1.807, 2.05) is 0 Å². The molecular weight excluding hydrogens is 258 g/mol. The number of hydrogen-bond donors (Lipinski definition) is 3. The minimum atomic E-state index is -1.18. The molecule has 3 N–H and O–H groups in total. The summed E-state index contributed by atoms with van der Waals surface area (Å²) in [5.74, 6) is -0.879. The molecule has 0 aliphatic rings. The molecule has 1 amide bonds. The van der Waals surface area contributed by atoms with Gasteiger partial charge < -0.3 is 15.4 Å². The number of aromatic nitrogens is 2. The summed E-state index contributed by atoms with van der Waals surface area (Å²) >= 11 is 0. The standard InChI is InChI=1S/C14H23N3O3/c1-10(2)7-5-3-4-6-8-15-13(18)11-12(14(19)20)17-9-16-11/h9-10H,3-8H2,1-2H3,(H,15,18)(H,16,17)(H,19,20). The van der Waals surface area contributed by atoms with Gasteiger partial charge in [0.1, 0.15) is 0 Å². The molecule has 1 aromatic heterocycles. The number of hydrogen-bond acceptors (Lipinski definition) is 3. The normalized spacial score (nSPS) is 10.8. The first-order valence-corrected chi connectivity index (χ1v) is 7.07. The Kier molecular flexibility index (Phi) is 6.76. The van der Waals surface area contributed by atoms with E-state index in [1.165, 1.54) is 19.2 Å². The number of nitrogens with zero attached hydrogens (tertiary/aromatic N) is 1. The summed E-state index contributed by atoms with van der Waals surface area (Å²) in [6.45, 7) is 4.97. The molecular formula is C14H23N3O3. The Labute approximate surface area is 119 Å². The van der Waals surface area contributed by atoms with Crippen LogP contribution in [0.3, 0.4) is 0 Å². The average molecular weight is 281 g/mol. The lowest BCUT2D eigenvalue weighted by Gasteiger charge is -2.05. The van der Waals surface area contributed by atoms with Crippen LogP contribution in [0.25, 0.3) is 0 Å². The van der Waals surface area contributed by atoms with E-state index in [4.69, 9.17) is 5.11 Å². The summed E-state index contributed by atoms with van der Waals surface area (Å²) in [4.78, 5) is 28.8. The summed E-state index contributed by atoms with van der Waals surface area (Å²) < 4.78 is 0. The monoisotopic (exact) mass is 281 g/mol. The number of aromatic carboxylic acids is 1. The summed E-state index contributed by atoms with van der Waals surface area (Å²) in [7, 11) is 0. The van der Waals surface area contributed by atoms with E-state index in [2.05, 4.69) is 29.1 Å². The molecule has 6 nitrogen and oxygen atoms in total. The van der Waals surface area contributed by atoms with E-state index < -0.39 is 11.9 Å². The Morgan fingerprint density at radius 3 is 2.65 bits per heavy atom. The van der Waals surface area contributed by atoms with Gasteiger partial charge in [0.2, 0.25) is 0 Å².